The van der Waals surface area contributed by atoms with E-state index in [1.165, 1.54) is 6.42 Å². The fourth-order valence-corrected chi connectivity index (χ4v) is 2.53. The van der Waals surface area contributed by atoms with Crippen LogP contribution in [0.4, 0.5) is 0 Å². The molecule has 2 rings (SSSR count). The van der Waals surface area contributed by atoms with Crippen molar-refractivity contribution in [2.24, 2.45) is 0 Å². The summed E-state index contributed by atoms with van der Waals surface area (Å²) in [5.41, 5.74) is 0. The highest BCUT2D eigenvalue weighted by Crippen LogP contribution is 2.17. The lowest BCUT2D eigenvalue weighted by Crippen LogP contribution is -2.38. The van der Waals surface area contributed by atoms with E-state index in [0.717, 1.165) is 52.1 Å². The molecule has 17 heavy (non-hydrogen) atoms. The van der Waals surface area contributed by atoms with Crippen molar-refractivity contribution in [1.82, 2.24) is 4.90 Å². The smallest absolute Gasteiger partial charge is 0.0809 e. The van der Waals surface area contributed by atoms with Gasteiger partial charge < -0.3 is 14.4 Å². The van der Waals surface area contributed by atoms with E-state index < -0.39 is 0 Å². The Hall–Kier alpha value is -0.630. The van der Waals surface area contributed by atoms with Crippen LogP contribution in [-0.2, 0) is 9.47 Å². The molecule has 0 aromatic heterocycles. The molecule has 0 N–H and O–H groups in total. The summed E-state index contributed by atoms with van der Waals surface area (Å²) in [6.45, 7) is 4.72. The van der Waals surface area contributed by atoms with Crippen molar-refractivity contribution in [2.75, 3.05) is 32.8 Å². The summed E-state index contributed by atoms with van der Waals surface area (Å²) in [5.74, 6) is 0. The maximum atomic E-state index is 8.54. The summed E-state index contributed by atoms with van der Waals surface area (Å²) < 4.78 is 11.4. The minimum Gasteiger partial charge on any atom is -0.376 e. The number of likely N-dealkylation sites (tertiary alicyclic amines) is 1. The highest BCUT2D eigenvalue weighted by molar-refractivity contribution is 4.77. The van der Waals surface area contributed by atoms with E-state index in [2.05, 4.69) is 11.0 Å². The van der Waals surface area contributed by atoms with Crippen LogP contribution in [0.5, 0.6) is 0 Å². The first-order chi connectivity index (χ1) is 8.38. The molecular formula is C13H22N2O2. The summed E-state index contributed by atoms with van der Waals surface area (Å²) in [5, 5.41) is 8.54. The van der Waals surface area contributed by atoms with E-state index >= 15 is 0 Å². The van der Waals surface area contributed by atoms with Crippen molar-refractivity contribution in [3.63, 3.8) is 0 Å². The number of piperidine rings is 1. The molecule has 96 valence electrons. The monoisotopic (exact) mass is 238 g/mol. The molecule has 4 nitrogen and oxygen atoms in total. The van der Waals surface area contributed by atoms with Gasteiger partial charge in [-0.25, -0.2) is 0 Å². The van der Waals surface area contributed by atoms with Gasteiger partial charge in [-0.1, -0.05) is 0 Å². The zero-order valence-electron chi connectivity index (χ0n) is 10.4. The lowest BCUT2D eigenvalue weighted by Gasteiger charge is -2.31. The van der Waals surface area contributed by atoms with Crippen LogP contribution < -0.4 is 0 Å². The van der Waals surface area contributed by atoms with Crippen LogP contribution in [0.15, 0.2) is 0 Å². The molecule has 0 bridgehead atoms. The van der Waals surface area contributed by atoms with Crippen LogP contribution in [0.1, 0.15) is 32.1 Å². The van der Waals surface area contributed by atoms with Gasteiger partial charge in [0.25, 0.3) is 0 Å². The lowest BCUT2D eigenvalue weighted by atomic mass is 10.1. The van der Waals surface area contributed by atoms with Gasteiger partial charge in [-0.05, 0) is 25.7 Å². The average molecular weight is 238 g/mol. The summed E-state index contributed by atoms with van der Waals surface area (Å²) >= 11 is 0. The van der Waals surface area contributed by atoms with E-state index in [-0.39, 0.29) is 0 Å². The molecule has 2 aliphatic rings. The first-order valence-corrected chi connectivity index (χ1v) is 6.71. The normalized spacial score (nSPS) is 27.1. The van der Waals surface area contributed by atoms with Gasteiger partial charge in [0.1, 0.15) is 0 Å². The third-order valence-corrected chi connectivity index (χ3v) is 3.62. The van der Waals surface area contributed by atoms with E-state index in [9.17, 15) is 0 Å². The largest absolute Gasteiger partial charge is 0.376 e. The molecule has 0 saturated carbocycles. The van der Waals surface area contributed by atoms with Crippen LogP contribution in [0.2, 0.25) is 0 Å². The van der Waals surface area contributed by atoms with Crippen molar-refractivity contribution in [1.29, 1.82) is 5.26 Å². The minimum absolute atomic E-state index is 0.339. The van der Waals surface area contributed by atoms with Crippen LogP contribution in [0, 0.1) is 11.3 Å². The SMILES string of the molecule is N#CCCN1CCC(OCC2CCCO2)CC1. The number of ether oxygens (including phenoxy) is 2. The van der Waals surface area contributed by atoms with E-state index in [1.54, 1.807) is 0 Å². The Labute approximate surface area is 103 Å². The summed E-state index contributed by atoms with van der Waals surface area (Å²) in [6, 6.07) is 2.20. The van der Waals surface area contributed by atoms with Crippen LogP contribution in [-0.4, -0.2) is 50.0 Å². The number of rotatable bonds is 5. The second kappa shape index (κ2) is 6.95. The fraction of sp³-hybridized carbons (Fsp3) is 0.923. The second-order valence-electron chi connectivity index (χ2n) is 4.92. The summed E-state index contributed by atoms with van der Waals surface area (Å²) in [7, 11) is 0. The number of hydrogen-bond donors (Lipinski definition) is 0. The van der Waals surface area contributed by atoms with E-state index in [4.69, 9.17) is 14.7 Å². The molecule has 0 spiro atoms. The molecule has 0 aromatic rings. The Morgan fingerprint density at radius 3 is 2.76 bits per heavy atom. The molecule has 2 aliphatic heterocycles. The molecular weight excluding hydrogens is 216 g/mol. The summed E-state index contributed by atoms with van der Waals surface area (Å²) in [4.78, 5) is 2.36. The lowest BCUT2D eigenvalue weighted by molar-refractivity contribution is -0.0416. The predicted octanol–water partition coefficient (Wildman–Crippen LogP) is 1.56. The zero-order valence-corrected chi connectivity index (χ0v) is 10.4. The van der Waals surface area contributed by atoms with Gasteiger partial charge in [-0.3, -0.25) is 0 Å². The summed E-state index contributed by atoms with van der Waals surface area (Å²) in [6.07, 6.45) is 5.91. The van der Waals surface area contributed by atoms with Gasteiger partial charge in [0.05, 0.1) is 24.9 Å². The van der Waals surface area contributed by atoms with Crippen LogP contribution >= 0.6 is 0 Å². The molecule has 0 radical (unpaired) electrons. The van der Waals surface area contributed by atoms with Crippen molar-refractivity contribution >= 4 is 0 Å². The van der Waals surface area contributed by atoms with Gasteiger partial charge in [0, 0.05) is 32.7 Å². The van der Waals surface area contributed by atoms with Gasteiger partial charge in [0.15, 0.2) is 0 Å². The van der Waals surface area contributed by atoms with Gasteiger partial charge >= 0.3 is 0 Å². The van der Waals surface area contributed by atoms with Crippen molar-refractivity contribution in [3.8, 4) is 6.07 Å². The average Bonchev–Trinajstić information content (AvgIpc) is 2.88. The number of nitrogens with zero attached hydrogens (tertiary/aromatic N) is 2. The highest BCUT2D eigenvalue weighted by atomic mass is 16.5. The molecule has 0 aromatic carbocycles. The van der Waals surface area contributed by atoms with Gasteiger partial charge in [0.2, 0.25) is 0 Å². The standard InChI is InChI=1S/C13H22N2O2/c14-6-2-7-15-8-4-12(5-9-15)17-11-13-3-1-10-16-13/h12-13H,1-5,7-11H2. The molecule has 1 unspecified atom stereocenters. The Kier molecular flexibility index (Phi) is 5.24. The molecule has 2 heterocycles. The Balaban J connectivity index is 1.57. The molecule has 0 amide bonds. The van der Waals surface area contributed by atoms with Crippen molar-refractivity contribution in [3.05, 3.63) is 0 Å². The first kappa shape index (κ1) is 12.8. The van der Waals surface area contributed by atoms with Crippen molar-refractivity contribution in [2.45, 2.75) is 44.3 Å². The minimum atomic E-state index is 0.339. The van der Waals surface area contributed by atoms with Crippen molar-refractivity contribution < 1.29 is 9.47 Å². The van der Waals surface area contributed by atoms with Crippen LogP contribution in [0.3, 0.4) is 0 Å². The third-order valence-electron chi connectivity index (χ3n) is 3.62. The fourth-order valence-electron chi connectivity index (χ4n) is 2.53. The maximum absolute atomic E-state index is 8.54. The predicted molar refractivity (Wildman–Crippen MR) is 64.6 cm³/mol. The topological polar surface area (TPSA) is 45.5 Å². The van der Waals surface area contributed by atoms with Gasteiger partial charge in [-0.15, -0.1) is 0 Å². The first-order valence-electron chi connectivity index (χ1n) is 6.71. The molecule has 1 atom stereocenters. The second-order valence-corrected chi connectivity index (χ2v) is 4.92. The molecule has 2 fully saturated rings. The Morgan fingerprint density at radius 1 is 1.29 bits per heavy atom. The van der Waals surface area contributed by atoms with Gasteiger partial charge in [-0.2, -0.15) is 5.26 Å². The van der Waals surface area contributed by atoms with E-state index in [0.29, 0.717) is 18.6 Å². The number of hydrogen-bond acceptors (Lipinski definition) is 4. The third kappa shape index (κ3) is 4.27. The highest BCUT2D eigenvalue weighted by Gasteiger charge is 2.22. The number of nitriles is 1. The van der Waals surface area contributed by atoms with Crippen LogP contribution in [0.25, 0.3) is 0 Å². The van der Waals surface area contributed by atoms with E-state index in [1.807, 2.05) is 0 Å². The molecule has 0 aliphatic carbocycles. The molecule has 2 saturated heterocycles. The maximum Gasteiger partial charge on any atom is 0.0809 e. The zero-order chi connectivity index (χ0) is 11.9. The Bertz CT molecular complexity index is 251. The molecule has 4 heteroatoms. The quantitative estimate of drug-likeness (QED) is 0.729. The Morgan fingerprint density at radius 2 is 2.12 bits per heavy atom.